The molecule has 0 radical (unpaired) electrons. The summed E-state index contributed by atoms with van der Waals surface area (Å²) < 4.78 is 37.8. The van der Waals surface area contributed by atoms with Crippen molar-refractivity contribution in [1.82, 2.24) is 24.6 Å². The van der Waals surface area contributed by atoms with E-state index in [9.17, 15) is 27.9 Å². The molecule has 50 heavy (non-hydrogen) atoms. The fraction of sp³-hybridized carbons (Fsp3) is 0.455. The Morgan fingerprint density at radius 1 is 1.20 bits per heavy atom. The minimum Gasteiger partial charge on any atom is -0.480 e. The maximum absolute atomic E-state index is 13.3. The van der Waals surface area contributed by atoms with Gasteiger partial charge in [0.15, 0.2) is 0 Å². The van der Waals surface area contributed by atoms with E-state index in [0.717, 1.165) is 18.5 Å². The summed E-state index contributed by atoms with van der Waals surface area (Å²) >= 11 is 9.17. The predicted octanol–water partition coefficient (Wildman–Crippen LogP) is 4.17. The van der Waals surface area contributed by atoms with Gasteiger partial charge in [0.25, 0.3) is 0 Å². The van der Waals surface area contributed by atoms with E-state index in [1.165, 1.54) is 33.7 Å². The van der Waals surface area contributed by atoms with Gasteiger partial charge in [-0.15, -0.1) is 11.3 Å². The van der Waals surface area contributed by atoms with Crippen LogP contribution in [0.3, 0.4) is 0 Å². The number of benzene rings is 2. The van der Waals surface area contributed by atoms with E-state index in [1.54, 1.807) is 31.4 Å². The summed E-state index contributed by atoms with van der Waals surface area (Å²) in [7, 11) is -3.98. The molecule has 5 N–H and O–H groups in total. The third kappa shape index (κ3) is 9.75. The number of sulfonamides is 1. The third-order valence-corrected chi connectivity index (χ3v) is 12.2. The number of amides is 1. The smallest absolute Gasteiger partial charge is 0.326 e. The number of carbonyl (C=O) groups excluding carboxylic acids is 2. The first-order valence-electron chi connectivity index (χ1n) is 16.4. The molecule has 0 bridgehead atoms. The molecule has 0 saturated carbocycles. The van der Waals surface area contributed by atoms with Crippen molar-refractivity contribution in [3.05, 3.63) is 69.1 Å². The molecule has 17 heteroatoms. The largest absolute Gasteiger partial charge is 0.480 e. The van der Waals surface area contributed by atoms with Crippen molar-refractivity contribution in [3.8, 4) is 0 Å². The Kier molecular flexibility index (Phi) is 13.2. The Hall–Kier alpha value is -3.25. The van der Waals surface area contributed by atoms with Crippen LogP contribution in [-0.4, -0.2) is 78.7 Å². The number of hydrogen-bond acceptors (Lipinski definition) is 12. The molecule has 3 aromatic rings. The lowest BCUT2D eigenvalue weighted by molar-refractivity contribution is -0.150. The number of anilines is 1. The number of nitrogens with zero attached hydrogens (tertiary/aromatic N) is 2. The van der Waals surface area contributed by atoms with Gasteiger partial charge in [0.05, 0.1) is 46.8 Å². The van der Waals surface area contributed by atoms with E-state index in [-0.39, 0.29) is 41.6 Å². The van der Waals surface area contributed by atoms with Crippen LogP contribution in [-0.2, 0) is 48.5 Å². The second-order valence-electron chi connectivity index (χ2n) is 12.0. The van der Waals surface area contributed by atoms with Crippen molar-refractivity contribution < 1.29 is 32.6 Å². The molecule has 3 heterocycles. The zero-order valence-corrected chi connectivity index (χ0v) is 30.9. The van der Waals surface area contributed by atoms with Crippen LogP contribution in [0.5, 0.6) is 0 Å². The minimum absolute atomic E-state index is 0.0148. The first kappa shape index (κ1) is 38.0. The summed E-state index contributed by atoms with van der Waals surface area (Å²) in [6, 6.07) is 10.8. The summed E-state index contributed by atoms with van der Waals surface area (Å²) in [6.45, 7) is 3.72. The van der Waals surface area contributed by atoms with E-state index in [2.05, 4.69) is 37.2 Å². The van der Waals surface area contributed by atoms with Crippen LogP contribution < -0.4 is 20.1 Å². The lowest BCUT2D eigenvalue weighted by Gasteiger charge is -2.28. The molecule has 2 aromatic carbocycles. The van der Waals surface area contributed by atoms with Gasteiger partial charge in [-0.25, -0.2) is 27.6 Å². The first-order valence-corrected chi connectivity index (χ1v) is 20.0. The van der Waals surface area contributed by atoms with Gasteiger partial charge in [-0.2, -0.15) is 0 Å². The Morgan fingerprint density at radius 2 is 1.98 bits per heavy atom. The monoisotopic (exact) mass is 764 g/mol. The topological polar surface area (TPSA) is 179 Å². The number of carboxylic acid groups (broad SMARTS) is 1. The number of aryl methyl sites for hydroxylation is 2. The molecule has 270 valence electrons. The number of carbonyl (C=O) groups is 3. The summed E-state index contributed by atoms with van der Waals surface area (Å²) in [6.07, 6.45) is 3.30. The molecule has 1 amide bonds. The van der Waals surface area contributed by atoms with E-state index in [0.29, 0.717) is 41.4 Å². The van der Waals surface area contributed by atoms with E-state index >= 15 is 0 Å². The van der Waals surface area contributed by atoms with Crippen LogP contribution >= 0.6 is 34.9 Å². The SMILES string of the molecule is CCOC(=O)C(CCc1nc(CNS(=O)(=O)c2cc3c(cc2Cl)N[C@H](CCc2ccccc2)NS3)cs1)NC(C)C(=O)N1CCC[C@H]1C(=O)O. The average molecular weight is 765 g/mol. The van der Waals surface area contributed by atoms with Gasteiger partial charge in [-0.1, -0.05) is 41.9 Å². The molecule has 2 aliphatic heterocycles. The van der Waals surface area contributed by atoms with Crippen LogP contribution in [0.4, 0.5) is 5.69 Å². The van der Waals surface area contributed by atoms with Crippen molar-refractivity contribution in [3.63, 3.8) is 0 Å². The van der Waals surface area contributed by atoms with Gasteiger partial charge < -0.3 is 20.1 Å². The van der Waals surface area contributed by atoms with Crippen molar-refractivity contribution >= 4 is 68.4 Å². The second-order valence-corrected chi connectivity index (χ2v) is 16.0. The van der Waals surface area contributed by atoms with Gasteiger partial charge in [0, 0.05) is 23.2 Å². The minimum atomic E-state index is -3.98. The van der Waals surface area contributed by atoms with E-state index in [4.69, 9.17) is 16.3 Å². The zero-order chi connectivity index (χ0) is 35.8. The van der Waals surface area contributed by atoms with Gasteiger partial charge in [-0.3, -0.25) is 14.9 Å². The van der Waals surface area contributed by atoms with Crippen molar-refractivity contribution in [1.29, 1.82) is 0 Å². The van der Waals surface area contributed by atoms with Gasteiger partial charge in [0.2, 0.25) is 15.9 Å². The second kappa shape index (κ2) is 17.3. The number of aromatic nitrogens is 1. The molecule has 2 aliphatic rings. The van der Waals surface area contributed by atoms with Crippen LogP contribution in [0.1, 0.15) is 55.8 Å². The predicted molar refractivity (Wildman–Crippen MR) is 192 cm³/mol. The Labute approximate surface area is 305 Å². The maximum Gasteiger partial charge on any atom is 0.326 e. The highest BCUT2D eigenvalue weighted by molar-refractivity contribution is 7.97. The number of nitrogens with one attached hydrogen (secondary N) is 4. The number of aliphatic carboxylic acids is 1. The molecule has 2 unspecified atom stereocenters. The summed E-state index contributed by atoms with van der Waals surface area (Å²) in [4.78, 5) is 43.9. The van der Waals surface area contributed by atoms with Gasteiger partial charge in [0.1, 0.15) is 17.0 Å². The number of fused-ring (bicyclic) bond motifs is 1. The van der Waals surface area contributed by atoms with Crippen LogP contribution in [0.2, 0.25) is 5.02 Å². The number of carboxylic acids is 1. The Morgan fingerprint density at radius 3 is 2.72 bits per heavy atom. The molecule has 1 fully saturated rings. The zero-order valence-electron chi connectivity index (χ0n) is 27.7. The normalized spacial score (nSPS) is 18.6. The quantitative estimate of drug-likeness (QED) is 0.104. The summed E-state index contributed by atoms with van der Waals surface area (Å²) in [5.74, 6) is -1.96. The number of ether oxygens (including phenoxy) is 1. The summed E-state index contributed by atoms with van der Waals surface area (Å²) in [5, 5.41) is 18.4. The van der Waals surface area contributed by atoms with Crippen molar-refractivity contribution in [2.24, 2.45) is 0 Å². The highest BCUT2D eigenvalue weighted by atomic mass is 35.5. The first-order chi connectivity index (χ1) is 23.9. The molecular weight excluding hydrogens is 724 g/mol. The molecule has 13 nitrogen and oxygen atoms in total. The van der Waals surface area contributed by atoms with Crippen molar-refractivity contribution in [2.75, 3.05) is 18.5 Å². The number of esters is 1. The Balaban J connectivity index is 1.15. The number of thiazole rings is 1. The molecule has 0 aliphatic carbocycles. The van der Waals surface area contributed by atoms with Gasteiger partial charge in [-0.05, 0) is 75.6 Å². The standard InChI is InChI=1S/C33H41ClN6O7S3/c1-3-47-33(44)24(36-20(2)31(41)40-15-7-10-26(40)32(42)43)12-14-30-37-22(19-48-30)18-35-50(45,46)28-17-27-25(16-23(28)34)38-29(39-49-27)13-11-21-8-5-4-6-9-21/h4-6,8-9,16-17,19-20,24,26,29,35-36,38-39H,3,7,10-15,18H2,1-2H3,(H,42,43)/t20?,24?,26-,29-/m0/s1. The Bertz CT molecular complexity index is 1780. The van der Waals surface area contributed by atoms with Gasteiger partial charge >= 0.3 is 11.9 Å². The van der Waals surface area contributed by atoms with E-state index in [1.807, 2.05) is 18.2 Å². The molecule has 1 aromatic heterocycles. The number of likely N-dealkylation sites (tertiary alicyclic amines) is 1. The number of halogens is 1. The number of rotatable bonds is 16. The third-order valence-electron chi connectivity index (χ3n) is 8.43. The molecule has 5 rings (SSSR count). The van der Waals surface area contributed by atoms with E-state index < -0.39 is 40.1 Å². The number of hydrogen-bond donors (Lipinski definition) is 5. The lowest BCUT2D eigenvalue weighted by Crippen LogP contribution is -2.53. The van der Waals surface area contributed by atoms with Crippen LogP contribution in [0, 0.1) is 0 Å². The molecule has 0 spiro atoms. The fourth-order valence-electron chi connectivity index (χ4n) is 5.86. The maximum atomic E-state index is 13.3. The molecular formula is C33H41ClN6O7S3. The highest BCUT2D eigenvalue weighted by Gasteiger charge is 2.37. The van der Waals surface area contributed by atoms with Crippen LogP contribution in [0.25, 0.3) is 0 Å². The molecule has 4 atom stereocenters. The van der Waals surface area contributed by atoms with Crippen LogP contribution in [0.15, 0.2) is 57.6 Å². The molecule has 1 saturated heterocycles. The lowest BCUT2D eigenvalue weighted by atomic mass is 10.1. The summed E-state index contributed by atoms with van der Waals surface area (Å²) in [5.41, 5.74) is 2.49. The highest BCUT2D eigenvalue weighted by Crippen LogP contribution is 2.37. The fourth-order valence-corrected chi connectivity index (χ4v) is 9.15. The average Bonchev–Trinajstić information content (AvgIpc) is 3.78. The van der Waals surface area contributed by atoms with Crippen molar-refractivity contribution in [2.45, 2.75) is 93.0 Å².